The van der Waals surface area contributed by atoms with Crippen molar-refractivity contribution in [2.75, 3.05) is 5.32 Å². The molecule has 0 aromatic heterocycles. The van der Waals surface area contributed by atoms with Gasteiger partial charge in [0.15, 0.2) is 5.78 Å². The van der Waals surface area contributed by atoms with Crippen molar-refractivity contribution in [2.45, 2.75) is 41.5 Å². The van der Waals surface area contributed by atoms with Crippen LogP contribution in [0, 0.1) is 18.3 Å². The van der Waals surface area contributed by atoms with Crippen LogP contribution in [-0.4, -0.2) is 11.7 Å². The van der Waals surface area contributed by atoms with E-state index in [0.717, 1.165) is 5.56 Å². The Morgan fingerprint density at radius 3 is 2.21 bits per heavy atom. The summed E-state index contributed by atoms with van der Waals surface area (Å²) in [5.41, 5.74) is 1.72. The molecule has 1 aromatic rings. The summed E-state index contributed by atoms with van der Waals surface area (Å²) in [4.78, 5) is 24.2. The first-order chi connectivity index (χ1) is 8.62. The maximum atomic E-state index is 12.2. The van der Waals surface area contributed by atoms with Crippen molar-refractivity contribution in [1.82, 2.24) is 0 Å². The van der Waals surface area contributed by atoms with Crippen molar-refractivity contribution in [1.29, 1.82) is 0 Å². The number of hydrogen-bond donors (Lipinski definition) is 1. The predicted octanol–water partition coefficient (Wildman–Crippen LogP) is 3.82. The van der Waals surface area contributed by atoms with Gasteiger partial charge in [0.25, 0.3) is 0 Å². The highest BCUT2D eigenvalue weighted by molar-refractivity contribution is 6.06. The Morgan fingerprint density at radius 2 is 1.74 bits per heavy atom. The zero-order chi connectivity index (χ0) is 14.8. The molecule has 0 aliphatic heterocycles. The summed E-state index contributed by atoms with van der Waals surface area (Å²) in [5, 5.41) is 2.85. The largest absolute Gasteiger partial charge is 0.325 e. The summed E-state index contributed by atoms with van der Waals surface area (Å²) in [6, 6.07) is 5.53. The topological polar surface area (TPSA) is 46.2 Å². The van der Waals surface area contributed by atoms with Crippen LogP contribution in [0.3, 0.4) is 0 Å². The molecule has 0 saturated heterocycles. The first-order valence-corrected chi connectivity index (χ1v) is 6.59. The van der Waals surface area contributed by atoms with Gasteiger partial charge in [0.1, 0.15) is 0 Å². The Bertz CT molecular complexity index is 496. The molecule has 0 aliphatic rings. The number of carbonyl (C=O) groups is 2. The minimum absolute atomic E-state index is 0.0490. The Kier molecular flexibility index (Phi) is 4.51. The second-order valence-electron chi connectivity index (χ2n) is 6.27. The summed E-state index contributed by atoms with van der Waals surface area (Å²) in [6.45, 7) is 11.2. The Hall–Kier alpha value is -1.64. The lowest BCUT2D eigenvalue weighted by atomic mass is 9.94. The molecule has 1 aromatic carbocycles. The molecule has 1 rings (SSSR count). The molecule has 3 heteroatoms. The van der Waals surface area contributed by atoms with Crippen molar-refractivity contribution >= 4 is 17.4 Å². The summed E-state index contributed by atoms with van der Waals surface area (Å²) in [6.07, 6.45) is 0. The van der Waals surface area contributed by atoms with Gasteiger partial charge < -0.3 is 5.32 Å². The van der Waals surface area contributed by atoms with E-state index in [1.807, 2.05) is 53.7 Å². The molecule has 0 saturated carbocycles. The molecule has 3 nitrogen and oxygen atoms in total. The molecule has 0 unspecified atom stereocenters. The lowest BCUT2D eigenvalue weighted by molar-refractivity contribution is -0.123. The molecule has 0 spiro atoms. The predicted molar refractivity (Wildman–Crippen MR) is 78.4 cm³/mol. The van der Waals surface area contributed by atoms with Crippen LogP contribution in [0.2, 0.25) is 0 Å². The number of hydrogen-bond acceptors (Lipinski definition) is 2. The third kappa shape index (κ3) is 3.91. The quantitative estimate of drug-likeness (QED) is 0.841. The number of ketones is 1. The maximum Gasteiger partial charge on any atom is 0.229 e. The summed E-state index contributed by atoms with van der Waals surface area (Å²) < 4.78 is 0. The van der Waals surface area contributed by atoms with Crippen LogP contribution in [0.5, 0.6) is 0 Å². The second-order valence-corrected chi connectivity index (χ2v) is 6.27. The van der Waals surface area contributed by atoms with Gasteiger partial charge in [-0.3, -0.25) is 9.59 Å². The van der Waals surface area contributed by atoms with Gasteiger partial charge in [-0.2, -0.15) is 0 Å². The minimum Gasteiger partial charge on any atom is -0.325 e. The van der Waals surface area contributed by atoms with Gasteiger partial charge in [-0.15, -0.1) is 0 Å². The standard InChI is InChI=1S/C16H23NO2/c1-10(2)14(18)12-9-11(3)7-8-13(12)17-15(19)16(4,5)6/h7-10H,1-6H3,(H,17,19). The molecule has 19 heavy (non-hydrogen) atoms. The average Bonchev–Trinajstić information content (AvgIpc) is 2.29. The van der Waals surface area contributed by atoms with E-state index in [1.165, 1.54) is 0 Å². The third-order valence-corrected chi connectivity index (χ3v) is 2.89. The van der Waals surface area contributed by atoms with Crippen molar-refractivity contribution in [2.24, 2.45) is 11.3 Å². The Balaban J connectivity index is 3.15. The lowest BCUT2D eigenvalue weighted by Crippen LogP contribution is -2.28. The number of Topliss-reactive ketones (excluding diaryl/α,β-unsaturated/α-hetero) is 1. The van der Waals surface area contributed by atoms with Gasteiger partial charge in [0.2, 0.25) is 5.91 Å². The number of aryl methyl sites for hydroxylation is 1. The minimum atomic E-state index is -0.483. The fourth-order valence-electron chi connectivity index (χ4n) is 1.59. The van der Waals surface area contributed by atoms with E-state index in [4.69, 9.17) is 0 Å². The molecule has 1 N–H and O–H groups in total. The SMILES string of the molecule is Cc1ccc(NC(=O)C(C)(C)C)c(C(=O)C(C)C)c1. The summed E-state index contributed by atoms with van der Waals surface area (Å²) in [5.74, 6) is -0.130. The number of amides is 1. The Labute approximate surface area is 115 Å². The van der Waals surface area contributed by atoms with Crippen LogP contribution >= 0.6 is 0 Å². The average molecular weight is 261 g/mol. The molecule has 0 radical (unpaired) electrons. The van der Waals surface area contributed by atoms with E-state index < -0.39 is 5.41 Å². The van der Waals surface area contributed by atoms with Crippen molar-refractivity contribution in [3.05, 3.63) is 29.3 Å². The van der Waals surface area contributed by atoms with Gasteiger partial charge in [0.05, 0.1) is 5.69 Å². The normalized spacial score (nSPS) is 11.5. The highest BCUT2D eigenvalue weighted by atomic mass is 16.2. The van der Waals surface area contributed by atoms with E-state index in [0.29, 0.717) is 11.3 Å². The first kappa shape index (κ1) is 15.4. The highest BCUT2D eigenvalue weighted by Gasteiger charge is 2.23. The lowest BCUT2D eigenvalue weighted by Gasteiger charge is -2.20. The van der Waals surface area contributed by atoms with Crippen LogP contribution in [0.4, 0.5) is 5.69 Å². The number of carbonyl (C=O) groups excluding carboxylic acids is 2. The molecule has 104 valence electrons. The van der Waals surface area contributed by atoms with Crippen LogP contribution in [0.1, 0.15) is 50.5 Å². The molecule has 0 fully saturated rings. The molecule has 0 atom stereocenters. The smallest absolute Gasteiger partial charge is 0.229 e. The Morgan fingerprint density at radius 1 is 1.16 bits per heavy atom. The number of benzene rings is 1. The van der Waals surface area contributed by atoms with Crippen LogP contribution in [0.25, 0.3) is 0 Å². The van der Waals surface area contributed by atoms with Gasteiger partial charge >= 0.3 is 0 Å². The van der Waals surface area contributed by atoms with Gasteiger partial charge in [-0.1, -0.05) is 46.2 Å². The van der Waals surface area contributed by atoms with Crippen LogP contribution in [-0.2, 0) is 4.79 Å². The summed E-state index contributed by atoms with van der Waals surface area (Å²) >= 11 is 0. The number of nitrogens with one attached hydrogen (secondary N) is 1. The molecular formula is C16H23NO2. The number of anilines is 1. The van der Waals surface area contributed by atoms with E-state index in [1.54, 1.807) is 6.07 Å². The summed E-state index contributed by atoms with van der Waals surface area (Å²) in [7, 11) is 0. The van der Waals surface area contributed by atoms with E-state index >= 15 is 0 Å². The van der Waals surface area contributed by atoms with Crippen molar-refractivity contribution in [3.63, 3.8) is 0 Å². The van der Waals surface area contributed by atoms with Gasteiger partial charge in [-0.25, -0.2) is 0 Å². The zero-order valence-electron chi connectivity index (χ0n) is 12.6. The number of rotatable bonds is 3. The highest BCUT2D eigenvalue weighted by Crippen LogP contribution is 2.23. The van der Waals surface area contributed by atoms with Gasteiger partial charge in [-0.05, 0) is 19.1 Å². The van der Waals surface area contributed by atoms with Gasteiger partial charge in [0, 0.05) is 16.9 Å². The molecular weight excluding hydrogens is 238 g/mol. The zero-order valence-corrected chi connectivity index (χ0v) is 12.6. The van der Waals surface area contributed by atoms with E-state index in [2.05, 4.69) is 5.32 Å². The van der Waals surface area contributed by atoms with Crippen LogP contribution < -0.4 is 5.32 Å². The molecule has 1 amide bonds. The van der Waals surface area contributed by atoms with E-state index in [-0.39, 0.29) is 17.6 Å². The first-order valence-electron chi connectivity index (χ1n) is 6.59. The van der Waals surface area contributed by atoms with E-state index in [9.17, 15) is 9.59 Å². The van der Waals surface area contributed by atoms with Crippen molar-refractivity contribution < 1.29 is 9.59 Å². The van der Waals surface area contributed by atoms with Crippen LogP contribution in [0.15, 0.2) is 18.2 Å². The fourth-order valence-corrected chi connectivity index (χ4v) is 1.59. The molecule has 0 heterocycles. The maximum absolute atomic E-state index is 12.2. The third-order valence-electron chi connectivity index (χ3n) is 2.89. The fraction of sp³-hybridized carbons (Fsp3) is 0.500. The van der Waals surface area contributed by atoms with Crippen molar-refractivity contribution in [3.8, 4) is 0 Å². The molecule has 0 bridgehead atoms. The molecule has 0 aliphatic carbocycles. The second kappa shape index (κ2) is 5.55. The monoisotopic (exact) mass is 261 g/mol.